The maximum absolute atomic E-state index is 13.5. The predicted octanol–water partition coefficient (Wildman–Crippen LogP) is 3.56. The topological polar surface area (TPSA) is 35.2 Å². The summed E-state index contributed by atoms with van der Waals surface area (Å²) in [4.78, 5) is 0.277. The molecule has 100 valence electrons. The molecule has 0 radical (unpaired) electrons. The predicted molar refractivity (Wildman–Crippen MR) is 76.1 cm³/mol. The van der Waals surface area contributed by atoms with Gasteiger partial charge >= 0.3 is 0 Å². The van der Waals surface area contributed by atoms with Crippen LogP contribution in [-0.4, -0.2) is 11.6 Å². The van der Waals surface area contributed by atoms with Gasteiger partial charge in [0.2, 0.25) is 0 Å². The van der Waals surface area contributed by atoms with Crippen molar-refractivity contribution in [2.24, 2.45) is 5.73 Å². The number of ether oxygens (including phenoxy) is 1. The zero-order valence-corrected chi connectivity index (χ0v) is 11.6. The van der Waals surface area contributed by atoms with E-state index >= 15 is 0 Å². The van der Waals surface area contributed by atoms with Crippen molar-refractivity contribution in [3.05, 3.63) is 35.1 Å². The molecule has 0 saturated heterocycles. The second-order valence-electron chi connectivity index (χ2n) is 4.28. The zero-order valence-electron chi connectivity index (χ0n) is 10.7. The van der Waals surface area contributed by atoms with Gasteiger partial charge in [-0.1, -0.05) is 38.4 Å². The molecule has 0 aliphatic heterocycles. The van der Waals surface area contributed by atoms with E-state index in [1.807, 2.05) is 0 Å². The Morgan fingerprint density at radius 1 is 1.33 bits per heavy atom. The molecule has 0 amide bonds. The summed E-state index contributed by atoms with van der Waals surface area (Å²) in [5, 5.41) is 0. The van der Waals surface area contributed by atoms with Gasteiger partial charge in [-0.2, -0.15) is 0 Å². The minimum Gasteiger partial charge on any atom is -0.389 e. The summed E-state index contributed by atoms with van der Waals surface area (Å²) in [7, 11) is 0. The molecule has 1 aromatic carbocycles. The van der Waals surface area contributed by atoms with E-state index < -0.39 is 0 Å². The van der Waals surface area contributed by atoms with Crippen LogP contribution in [0.1, 0.15) is 43.7 Å². The van der Waals surface area contributed by atoms with E-state index in [4.69, 9.17) is 22.7 Å². The number of benzene rings is 1. The van der Waals surface area contributed by atoms with Crippen molar-refractivity contribution in [2.75, 3.05) is 6.61 Å². The number of unbranched alkanes of at least 4 members (excludes halogenated alkanes) is 3. The van der Waals surface area contributed by atoms with Crippen molar-refractivity contribution in [3.8, 4) is 0 Å². The van der Waals surface area contributed by atoms with Crippen LogP contribution in [0.2, 0.25) is 0 Å². The van der Waals surface area contributed by atoms with Crippen LogP contribution in [0.15, 0.2) is 18.2 Å². The smallest absolute Gasteiger partial charge is 0.128 e. The van der Waals surface area contributed by atoms with Gasteiger partial charge in [0.05, 0.1) is 6.61 Å². The molecule has 0 aliphatic carbocycles. The van der Waals surface area contributed by atoms with Crippen molar-refractivity contribution >= 4 is 17.2 Å². The lowest BCUT2D eigenvalue weighted by Gasteiger charge is -2.07. The zero-order chi connectivity index (χ0) is 13.4. The molecule has 2 N–H and O–H groups in total. The Hall–Kier alpha value is -1.00. The van der Waals surface area contributed by atoms with Gasteiger partial charge in [0.15, 0.2) is 0 Å². The summed E-state index contributed by atoms with van der Waals surface area (Å²) in [5.41, 5.74) is 6.70. The molecule has 2 nitrogen and oxygen atoms in total. The fraction of sp³-hybridized carbons (Fsp3) is 0.500. The number of rotatable bonds is 8. The number of hydrogen-bond acceptors (Lipinski definition) is 2. The Morgan fingerprint density at radius 3 is 2.78 bits per heavy atom. The first kappa shape index (κ1) is 15.1. The monoisotopic (exact) mass is 269 g/mol. The van der Waals surface area contributed by atoms with Crippen LogP contribution in [-0.2, 0) is 11.3 Å². The van der Waals surface area contributed by atoms with Crippen molar-refractivity contribution in [3.63, 3.8) is 0 Å². The molecule has 0 bridgehead atoms. The molecule has 0 heterocycles. The van der Waals surface area contributed by atoms with Crippen molar-refractivity contribution < 1.29 is 9.13 Å². The number of nitrogens with two attached hydrogens (primary N) is 1. The molecule has 4 heteroatoms. The normalized spacial score (nSPS) is 10.6. The number of thiocarbonyl (C=S) groups is 1. The summed E-state index contributed by atoms with van der Waals surface area (Å²) < 4.78 is 19.0. The minimum absolute atomic E-state index is 0.272. The Labute approximate surface area is 113 Å². The fourth-order valence-corrected chi connectivity index (χ4v) is 1.78. The van der Waals surface area contributed by atoms with E-state index in [-0.39, 0.29) is 17.4 Å². The highest BCUT2D eigenvalue weighted by Gasteiger charge is 2.05. The van der Waals surface area contributed by atoms with Gasteiger partial charge in [0.1, 0.15) is 10.8 Å². The lowest BCUT2D eigenvalue weighted by atomic mass is 10.1. The first-order valence-corrected chi connectivity index (χ1v) is 6.72. The molecule has 1 rings (SSSR count). The highest BCUT2D eigenvalue weighted by Crippen LogP contribution is 2.12. The largest absolute Gasteiger partial charge is 0.389 e. The van der Waals surface area contributed by atoms with Gasteiger partial charge in [0, 0.05) is 17.7 Å². The van der Waals surface area contributed by atoms with Crippen molar-refractivity contribution in [2.45, 2.75) is 39.2 Å². The molecule has 0 saturated carbocycles. The molecule has 0 fully saturated rings. The maximum Gasteiger partial charge on any atom is 0.128 e. The van der Waals surface area contributed by atoms with E-state index in [0.717, 1.165) is 12.8 Å². The minimum atomic E-state index is -0.274. The third kappa shape index (κ3) is 5.10. The molecule has 0 unspecified atom stereocenters. The van der Waals surface area contributed by atoms with Gasteiger partial charge < -0.3 is 10.5 Å². The van der Waals surface area contributed by atoms with E-state index in [1.165, 1.54) is 18.9 Å². The van der Waals surface area contributed by atoms with Crippen LogP contribution in [0, 0.1) is 5.82 Å². The van der Waals surface area contributed by atoms with E-state index in [0.29, 0.717) is 17.7 Å². The van der Waals surface area contributed by atoms with E-state index in [1.54, 1.807) is 12.1 Å². The van der Waals surface area contributed by atoms with Crippen molar-refractivity contribution in [1.29, 1.82) is 0 Å². The maximum atomic E-state index is 13.5. The summed E-state index contributed by atoms with van der Waals surface area (Å²) in [6, 6.07) is 4.62. The SMILES string of the molecule is CCCCCCOCc1cc(C(N)=S)ccc1F. The van der Waals surface area contributed by atoms with Gasteiger partial charge in [-0.15, -0.1) is 0 Å². The second kappa shape index (κ2) is 8.16. The summed E-state index contributed by atoms with van der Waals surface area (Å²) in [6.45, 7) is 3.10. The Kier molecular flexibility index (Phi) is 6.83. The summed E-state index contributed by atoms with van der Waals surface area (Å²) >= 11 is 4.86. The van der Waals surface area contributed by atoms with Crippen LogP contribution >= 0.6 is 12.2 Å². The van der Waals surface area contributed by atoms with E-state index in [9.17, 15) is 4.39 Å². The standard InChI is InChI=1S/C14H20FNOS/c1-2-3-4-5-8-17-10-12-9-11(14(16)18)6-7-13(12)15/h6-7,9H,2-5,8,10H2,1H3,(H2,16,18). The Morgan fingerprint density at radius 2 is 2.11 bits per heavy atom. The highest BCUT2D eigenvalue weighted by atomic mass is 32.1. The van der Waals surface area contributed by atoms with Gasteiger partial charge in [-0.3, -0.25) is 0 Å². The number of halogens is 1. The van der Waals surface area contributed by atoms with Crippen LogP contribution in [0.5, 0.6) is 0 Å². The lowest BCUT2D eigenvalue weighted by molar-refractivity contribution is 0.114. The van der Waals surface area contributed by atoms with Crippen LogP contribution < -0.4 is 5.73 Å². The van der Waals surface area contributed by atoms with Gasteiger partial charge in [0.25, 0.3) is 0 Å². The molecule has 1 aromatic rings. The molecule has 0 aliphatic rings. The summed E-state index contributed by atoms with van der Waals surface area (Å²) in [6.07, 6.45) is 4.59. The van der Waals surface area contributed by atoms with Crippen molar-refractivity contribution in [1.82, 2.24) is 0 Å². The second-order valence-corrected chi connectivity index (χ2v) is 4.72. The van der Waals surface area contributed by atoms with E-state index in [2.05, 4.69) is 6.92 Å². The van der Waals surface area contributed by atoms with Crippen LogP contribution in [0.3, 0.4) is 0 Å². The average Bonchev–Trinajstić information content (AvgIpc) is 2.35. The molecule has 0 spiro atoms. The Balaban J connectivity index is 2.41. The first-order valence-electron chi connectivity index (χ1n) is 6.31. The molecule has 0 atom stereocenters. The summed E-state index contributed by atoms with van der Waals surface area (Å²) in [5.74, 6) is -0.274. The van der Waals surface area contributed by atoms with Crippen LogP contribution in [0.4, 0.5) is 4.39 Å². The highest BCUT2D eigenvalue weighted by molar-refractivity contribution is 7.80. The third-order valence-corrected chi connectivity index (χ3v) is 2.97. The lowest BCUT2D eigenvalue weighted by Crippen LogP contribution is -2.10. The van der Waals surface area contributed by atoms with Gasteiger partial charge in [-0.25, -0.2) is 4.39 Å². The average molecular weight is 269 g/mol. The fourth-order valence-electron chi connectivity index (χ4n) is 1.65. The number of hydrogen-bond donors (Lipinski definition) is 1. The van der Waals surface area contributed by atoms with Gasteiger partial charge in [-0.05, 0) is 24.6 Å². The molecule has 0 aromatic heterocycles. The Bertz CT molecular complexity index is 395. The first-order chi connectivity index (χ1) is 8.65. The molecular weight excluding hydrogens is 249 g/mol. The van der Waals surface area contributed by atoms with Crippen LogP contribution in [0.25, 0.3) is 0 Å². The molecular formula is C14H20FNOS. The quantitative estimate of drug-likeness (QED) is 0.579. The third-order valence-electron chi connectivity index (χ3n) is 2.73. The molecule has 18 heavy (non-hydrogen) atoms.